The van der Waals surface area contributed by atoms with Crippen molar-refractivity contribution in [1.82, 2.24) is 5.32 Å². The van der Waals surface area contributed by atoms with E-state index in [1.165, 1.54) is 19.3 Å². The summed E-state index contributed by atoms with van der Waals surface area (Å²) in [6, 6.07) is 7.26. The molecule has 1 saturated carbocycles. The highest BCUT2D eigenvalue weighted by molar-refractivity contribution is 5.23. The van der Waals surface area contributed by atoms with Crippen LogP contribution in [0.25, 0.3) is 0 Å². The Kier molecular flexibility index (Phi) is 4.55. The van der Waals surface area contributed by atoms with Gasteiger partial charge in [0.15, 0.2) is 0 Å². The lowest BCUT2D eigenvalue weighted by Gasteiger charge is -2.34. The van der Waals surface area contributed by atoms with Gasteiger partial charge >= 0.3 is 0 Å². The lowest BCUT2D eigenvalue weighted by atomic mass is 9.73. The normalized spacial score (nSPS) is 17.8. The average Bonchev–Trinajstić information content (AvgIpc) is 2.26. The van der Waals surface area contributed by atoms with Crippen LogP contribution >= 0.6 is 0 Å². The first-order chi connectivity index (χ1) is 8.33. The van der Waals surface area contributed by atoms with Crippen LogP contribution in [0.1, 0.15) is 44.1 Å². The summed E-state index contributed by atoms with van der Waals surface area (Å²) >= 11 is 0. The largest absolute Gasteiger partial charge is 0.316 e. The Hall–Kier alpha value is -0.890. The second-order valence-electron chi connectivity index (χ2n) is 5.02. The first-order valence-electron chi connectivity index (χ1n) is 6.78. The maximum atomic E-state index is 13.8. The Morgan fingerprint density at radius 2 is 2.12 bits per heavy atom. The Morgan fingerprint density at radius 3 is 2.71 bits per heavy atom. The number of hydrogen-bond acceptors (Lipinski definition) is 1. The quantitative estimate of drug-likeness (QED) is 0.741. The van der Waals surface area contributed by atoms with Crippen LogP contribution in [0.15, 0.2) is 24.3 Å². The molecule has 1 fully saturated rings. The van der Waals surface area contributed by atoms with E-state index >= 15 is 0 Å². The number of hydrogen-bond donors (Lipinski definition) is 1. The Morgan fingerprint density at radius 1 is 1.35 bits per heavy atom. The van der Waals surface area contributed by atoms with Gasteiger partial charge in [-0.3, -0.25) is 0 Å². The van der Waals surface area contributed by atoms with E-state index < -0.39 is 0 Å². The molecule has 1 aromatic rings. The van der Waals surface area contributed by atoms with E-state index in [0.717, 1.165) is 25.1 Å². The van der Waals surface area contributed by atoms with Gasteiger partial charge in [0.1, 0.15) is 5.82 Å². The first kappa shape index (κ1) is 12.6. The van der Waals surface area contributed by atoms with Crippen molar-refractivity contribution in [3.8, 4) is 0 Å². The highest BCUT2D eigenvalue weighted by atomic mass is 19.1. The molecule has 94 valence electrons. The van der Waals surface area contributed by atoms with E-state index in [0.29, 0.717) is 11.8 Å². The molecule has 0 spiro atoms. The minimum atomic E-state index is -0.0392. The fraction of sp³-hybridized carbons (Fsp3) is 0.600. The zero-order valence-corrected chi connectivity index (χ0v) is 10.6. The van der Waals surface area contributed by atoms with Crippen LogP contribution in [0.4, 0.5) is 4.39 Å². The summed E-state index contributed by atoms with van der Waals surface area (Å²) in [5, 5.41) is 3.44. The second kappa shape index (κ2) is 6.15. The van der Waals surface area contributed by atoms with Crippen LogP contribution in [-0.4, -0.2) is 13.1 Å². The summed E-state index contributed by atoms with van der Waals surface area (Å²) < 4.78 is 13.8. The van der Waals surface area contributed by atoms with Crippen LogP contribution in [-0.2, 0) is 0 Å². The summed E-state index contributed by atoms with van der Waals surface area (Å²) in [5.41, 5.74) is 0.904. The van der Waals surface area contributed by atoms with Gasteiger partial charge in [0.25, 0.3) is 0 Å². The third-order valence-electron chi connectivity index (χ3n) is 3.81. The lowest BCUT2D eigenvalue weighted by molar-refractivity contribution is 0.251. The number of nitrogens with one attached hydrogen (secondary N) is 1. The standard InChI is InChI=1S/C15H22FN/c1-2-10-17-11-14(12-6-5-7-12)13-8-3-4-9-15(13)16/h3-4,8-9,12,14,17H,2,5-7,10-11H2,1H3. The molecule has 1 nitrogen and oxygen atoms in total. The van der Waals surface area contributed by atoms with Gasteiger partial charge in [0, 0.05) is 12.5 Å². The highest BCUT2D eigenvalue weighted by Crippen LogP contribution is 2.39. The summed E-state index contributed by atoms with van der Waals surface area (Å²) in [6.07, 6.45) is 4.96. The summed E-state index contributed by atoms with van der Waals surface area (Å²) in [7, 11) is 0. The number of halogens is 1. The maximum absolute atomic E-state index is 13.8. The van der Waals surface area contributed by atoms with Crippen molar-refractivity contribution in [1.29, 1.82) is 0 Å². The van der Waals surface area contributed by atoms with Crippen LogP contribution < -0.4 is 5.32 Å². The molecule has 2 heteroatoms. The van der Waals surface area contributed by atoms with Crippen molar-refractivity contribution < 1.29 is 4.39 Å². The number of benzene rings is 1. The first-order valence-corrected chi connectivity index (χ1v) is 6.78. The second-order valence-corrected chi connectivity index (χ2v) is 5.02. The van der Waals surface area contributed by atoms with Gasteiger partial charge in [0.2, 0.25) is 0 Å². The number of rotatable bonds is 6. The van der Waals surface area contributed by atoms with Gasteiger partial charge in [-0.05, 0) is 43.4 Å². The molecule has 0 aliphatic heterocycles. The van der Waals surface area contributed by atoms with Crippen LogP contribution in [0.2, 0.25) is 0 Å². The summed E-state index contributed by atoms with van der Waals surface area (Å²) in [5.74, 6) is 0.996. The molecule has 2 rings (SSSR count). The minimum absolute atomic E-state index is 0.0392. The predicted octanol–water partition coefficient (Wildman–Crippen LogP) is 3.71. The van der Waals surface area contributed by atoms with E-state index in [2.05, 4.69) is 12.2 Å². The van der Waals surface area contributed by atoms with Crippen LogP contribution in [0, 0.1) is 11.7 Å². The molecule has 0 bridgehead atoms. The topological polar surface area (TPSA) is 12.0 Å². The molecule has 0 amide bonds. The smallest absolute Gasteiger partial charge is 0.126 e. The molecular weight excluding hydrogens is 213 g/mol. The molecule has 0 radical (unpaired) electrons. The zero-order chi connectivity index (χ0) is 12.1. The molecule has 1 aliphatic carbocycles. The fourth-order valence-corrected chi connectivity index (χ4v) is 2.58. The van der Waals surface area contributed by atoms with Crippen molar-refractivity contribution >= 4 is 0 Å². The molecule has 1 N–H and O–H groups in total. The third-order valence-corrected chi connectivity index (χ3v) is 3.81. The van der Waals surface area contributed by atoms with Crippen molar-refractivity contribution in [2.45, 2.75) is 38.5 Å². The SMILES string of the molecule is CCCNCC(c1ccccc1F)C1CCC1. The zero-order valence-electron chi connectivity index (χ0n) is 10.6. The molecule has 1 unspecified atom stereocenters. The monoisotopic (exact) mass is 235 g/mol. The molecule has 1 aromatic carbocycles. The molecular formula is C15H22FN. The summed E-state index contributed by atoms with van der Waals surface area (Å²) in [4.78, 5) is 0. The van der Waals surface area contributed by atoms with E-state index in [1.807, 2.05) is 12.1 Å². The van der Waals surface area contributed by atoms with Gasteiger partial charge in [-0.15, -0.1) is 0 Å². The van der Waals surface area contributed by atoms with E-state index in [4.69, 9.17) is 0 Å². The Balaban J connectivity index is 2.06. The maximum Gasteiger partial charge on any atom is 0.126 e. The van der Waals surface area contributed by atoms with Crippen LogP contribution in [0.5, 0.6) is 0 Å². The van der Waals surface area contributed by atoms with Crippen molar-refractivity contribution in [3.63, 3.8) is 0 Å². The fourth-order valence-electron chi connectivity index (χ4n) is 2.58. The summed E-state index contributed by atoms with van der Waals surface area (Å²) in [6.45, 7) is 4.10. The molecule has 0 aromatic heterocycles. The van der Waals surface area contributed by atoms with Crippen molar-refractivity contribution in [3.05, 3.63) is 35.6 Å². The molecule has 1 aliphatic rings. The van der Waals surface area contributed by atoms with Gasteiger partial charge < -0.3 is 5.32 Å². The van der Waals surface area contributed by atoms with Crippen molar-refractivity contribution in [2.24, 2.45) is 5.92 Å². The lowest BCUT2D eigenvalue weighted by Crippen LogP contribution is -2.31. The molecule has 0 saturated heterocycles. The van der Waals surface area contributed by atoms with E-state index in [1.54, 1.807) is 12.1 Å². The van der Waals surface area contributed by atoms with Gasteiger partial charge in [-0.1, -0.05) is 31.5 Å². The molecule has 1 atom stereocenters. The minimum Gasteiger partial charge on any atom is -0.316 e. The Bertz CT molecular complexity index is 347. The van der Waals surface area contributed by atoms with E-state index in [9.17, 15) is 4.39 Å². The highest BCUT2D eigenvalue weighted by Gasteiger charge is 2.29. The molecule has 0 heterocycles. The van der Waals surface area contributed by atoms with E-state index in [-0.39, 0.29) is 5.82 Å². The molecule has 17 heavy (non-hydrogen) atoms. The van der Waals surface area contributed by atoms with Gasteiger partial charge in [0.05, 0.1) is 0 Å². The van der Waals surface area contributed by atoms with Crippen LogP contribution in [0.3, 0.4) is 0 Å². The van der Waals surface area contributed by atoms with Crippen molar-refractivity contribution in [2.75, 3.05) is 13.1 Å². The average molecular weight is 235 g/mol. The third kappa shape index (κ3) is 3.06. The predicted molar refractivity (Wildman–Crippen MR) is 69.6 cm³/mol. The Labute approximate surface area is 103 Å². The van der Waals surface area contributed by atoms with Gasteiger partial charge in [-0.2, -0.15) is 0 Å². The van der Waals surface area contributed by atoms with Gasteiger partial charge in [-0.25, -0.2) is 4.39 Å².